The molecule has 0 spiro atoms. The first-order chi connectivity index (χ1) is 11.0. The molecule has 0 aromatic rings. The van der Waals surface area contributed by atoms with Gasteiger partial charge in [0.1, 0.15) is 0 Å². The van der Waals surface area contributed by atoms with Crippen LogP contribution in [0, 0.1) is 23.7 Å². The van der Waals surface area contributed by atoms with Crippen LogP contribution in [0.5, 0.6) is 0 Å². The van der Waals surface area contributed by atoms with Crippen molar-refractivity contribution in [3.8, 4) is 11.8 Å². The highest BCUT2D eigenvalue weighted by Gasteiger charge is 2.32. The fraction of sp³-hybridized carbons (Fsp3) is 0.684. The average molecular weight is 320 g/mol. The smallest absolute Gasteiger partial charge is 0.303 e. The number of aliphatic hydroxyl groups is 1. The molecule has 0 bridgehead atoms. The number of hydrogen-bond donors (Lipinski definition) is 2. The molecule has 0 radical (unpaired) electrons. The van der Waals surface area contributed by atoms with Gasteiger partial charge in [-0.3, -0.25) is 9.59 Å². The Morgan fingerprint density at radius 3 is 2.65 bits per heavy atom. The standard InChI is InChI=1S/C19H28O4/c1-2-3-8-16(20)13-11-15-12-14-18(21)17(15)9-6-4-5-7-10-19(22)23/h11,13,15,17-18,21H,2-3,5,7-10,12,14H2,1H3,(H,22,23). The van der Waals surface area contributed by atoms with Crippen molar-refractivity contribution in [1.29, 1.82) is 0 Å². The maximum atomic E-state index is 11.7. The second-order valence-corrected chi connectivity index (χ2v) is 6.21. The topological polar surface area (TPSA) is 74.6 Å². The van der Waals surface area contributed by atoms with Crippen molar-refractivity contribution >= 4 is 11.8 Å². The predicted octanol–water partition coefficient (Wildman–Crippen LogP) is 3.34. The van der Waals surface area contributed by atoms with Gasteiger partial charge in [-0.1, -0.05) is 19.4 Å². The van der Waals surface area contributed by atoms with E-state index in [-0.39, 0.29) is 30.1 Å². The predicted molar refractivity (Wildman–Crippen MR) is 89.8 cm³/mol. The molecule has 0 aromatic heterocycles. The molecular formula is C19H28O4. The molecule has 23 heavy (non-hydrogen) atoms. The number of aliphatic hydroxyl groups excluding tert-OH is 1. The Hall–Kier alpha value is -1.60. The molecule has 128 valence electrons. The number of carbonyl (C=O) groups excluding carboxylic acids is 1. The van der Waals surface area contributed by atoms with Gasteiger partial charge in [-0.05, 0) is 37.7 Å². The number of carboxylic acid groups (broad SMARTS) is 1. The van der Waals surface area contributed by atoms with Crippen molar-refractivity contribution in [3.63, 3.8) is 0 Å². The zero-order chi connectivity index (χ0) is 17.1. The molecule has 1 fully saturated rings. The Kier molecular flexibility index (Phi) is 9.31. The molecule has 0 amide bonds. The summed E-state index contributed by atoms with van der Waals surface area (Å²) in [6, 6.07) is 0. The van der Waals surface area contributed by atoms with E-state index in [4.69, 9.17) is 5.11 Å². The maximum Gasteiger partial charge on any atom is 0.303 e. The van der Waals surface area contributed by atoms with Gasteiger partial charge in [-0.2, -0.15) is 0 Å². The third kappa shape index (κ3) is 7.99. The number of carboxylic acids is 1. The quantitative estimate of drug-likeness (QED) is 0.388. The summed E-state index contributed by atoms with van der Waals surface area (Å²) in [4.78, 5) is 22.1. The van der Waals surface area contributed by atoms with Gasteiger partial charge in [0.15, 0.2) is 5.78 Å². The van der Waals surface area contributed by atoms with Crippen LogP contribution in [-0.2, 0) is 9.59 Å². The number of hydrogen-bond acceptors (Lipinski definition) is 3. The van der Waals surface area contributed by atoms with Crippen molar-refractivity contribution < 1.29 is 19.8 Å². The van der Waals surface area contributed by atoms with E-state index < -0.39 is 5.97 Å². The molecule has 1 aliphatic carbocycles. The summed E-state index contributed by atoms with van der Waals surface area (Å²) >= 11 is 0. The van der Waals surface area contributed by atoms with Gasteiger partial charge in [0.05, 0.1) is 6.10 Å². The van der Waals surface area contributed by atoms with Crippen molar-refractivity contribution in [2.75, 3.05) is 0 Å². The Bertz CT molecular complexity index is 469. The van der Waals surface area contributed by atoms with Gasteiger partial charge in [-0.15, -0.1) is 11.8 Å². The van der Waals surface area contributed by atoms with Crippen LogP contribution >= 0.6 is 0 Å². The summed E-state index contributed by atoms with van der Waals surface area (Å²) < 4.78 is 0. The fourth-order valence-corrected chi connectivity index (χ4v) is 2.87. The highest BCUT2D eigenvalue weighted by Crippen LogP contribution is 2.35. The minimum Gasteiger partial charge on any atom is -0.481 e. The largest absolute Gasteiger partial charge is 0.481 e. The van der Waals surface area contributed by atoms with Crippen molar-refractivity contribution in [2.45, 2.75) is 70.8 Å². The highest BCUT2D eigenvalue weighted by atomic mass is 16.4. The Morgan fingerprint density at radius 2 is 1.96 bits per heavy atom. The molecule has 0 aliphatic heterocycles. The lowest BCUT2D eigenvalue weighted by molar-refractivity contribution is -0.137. The summed E-state index contributed by atoms with van der Waals surface area (Å²) in [7, 11) is 0. The first-order valence-electron chi connectivity index (χ1n) is 8.61. The summed E-state index contributed by atoms with van der Waals surface area (Å²) in [6.07, 6.45) is 9.32. The Morgan fingerprint density at radius 1 is 1.17 bits per heavy atom. The van der Waals surface area contributed by atoms with Gasteiger partial charge < -0.3 is 10.2 Å². The lowest BCUT2D eigenvalue weighted by Crippen LogP contribution is -2.17. The molecule has 1 saturated carbocycles. The molecule has 0 aromatic carbocycles. The number of ketones is 1. The zero-order valence-electron chi connectivity index (χ0n) is 14.0. The van der Waals surface area contributed by atoms with Crippen LogP contribution < -0.4 is 0 Å². The molecule has 0 heterocycles. The SMILES string of the molecule is CCCCC(=O)C=CC1CCC(O)C1CC#CCCCC(=O)O. The van der Waals surface area contributed by atoms with Gasteiger partial charge in [0.25, 0.3) is 0 Å². The van der Waals surface area contributed by atoms with E-state index >= 15 is 0 Å². The van der Waals surface area contributed by atoms with E-state index in [1.165, 1.54) is 0 Å². The van der Waals surface area contributed by atoms with E-state index in [0.717, 1.165) is 25.7 Å². The molecule has 3 unspecified atom stereocenters. The number of aliphatic carboxylic acids is 1. The molecule has 0 saturated heterocycles. The third-order valence-corrected chi connectivity index (χ3v) is 4.30. The average Bonchev–Trinajstić information content (AvgIpc) is 2.86. The lowest BCUT2D eigenvalue weighted by atomic mass is 9.91. The maximum absolute atomic E-state index is 11.7. The molecule has 1 aliphatic rings. The zero-order valence-corrected chi connectivity index (χ0v) is 14.0. The monoisotopic (exact) mass is 320 g/mol. The van der Waals surface area contributed by atoms with Crippen LogP contribution in [0.2, 0.25) is 0 Å². The summed E-state index contributed by atoms with van der Waals surface area (Å²) in [5, 5.41) is 18.6. The van der Waals surface area contributed by atoms with E-state index in [1.807, 2.05) is 6.08 Å². The van der Waals surface area contributed by atoms with E-state index in [0.29, 0.717) is 25.7 Å². The third-order valence-electron chi connectivity index (χ3n) is 4.30. The molecular weight excluding hydrogens is 292 g/mol. The molecule has 4 nitrogen and oxygen atoms in total. The van der Waals surface area contributed by atoms with Crippen molar-refractivity contribution in [1.82, 2.24) is 0 Å². The van der Waals surface area contributed by atoms with Crippen molar-refractivity contribution in [3.05, 3.63) is 12.2 Å². The number of allylic oxidation sites excluding steroid dienone is 2. The first kappa shape index (κ1) is 19.4. The Labute approximate surface area is 139 Å². The van der Waals surface area contributed by atoms with E-state index in [1.54, 1.807) is 6.08 Å². The van der Waals surface area contributed by atoms with Gasteiger partial charge in [-0.25, -0.2) is 0 Å². The summed E-state index contributed by atoms with van der Waals surface area (Å²) in [6.45, 7) is 2.06. The second kappa shape index (κ2) is 11.0. The lowest BCUT2D eigenvalue weighted by Gasteiger charge is -2.16. The van der Waals surface area contributed by atoms with Crippen LogP contribution in [0.15, 0.2) is 12.2 Å². The van der Waals surface area contributed by atoms with Crippen LogP contribution in [-0.4, -0.2) is 28.1 Å². The van der Waals surface area contributed by atoms with E-state index in [9.17, 15) is 14.7 Å². The summed E-state index contributed by atoms with van der Waals surface area (Å²) in [5.41, 5.74) is 0. The van der Waals surface area contributed by atoms with Gasteiger partial charge >= 0.3 is 5.97 Å². The molecule has 1 rings (SSSR count). The van der Waals surface area contributed by atoms with Gasteiger partial charge in [0.2, 0.25) is 0 Å². The Balaban J connectivity index is 2.42. The minimum absolute atomic E-state index is 0.0807. The normalized spacial score (nSPS) is 23.7. The molecule has 2 N–H and O–H groups in total. The van der Waals surface area contributed by atoms with Gasteiger partial charge in [0, 0.05) is 31.6 Å². The van der Waals surface area contributed by atoms with Crippen molar-refractivity contribution in [2.24, 2.45) is 11.8 Å². The van der Waals surface area contributed by atoms with Crippen LogP contribution in [0.4, 0.5) is 0 Å². The first-order valence-corrected chi connectivity index (χ1v) is 8.61. The second-order valence-electron chi connectivity index (χ2n) is 6.21. The summed E-state index contributed by atoms with van der Waals surface area (Å²) in [5.74, 6) is 5.70. The molecule has 4 heteroatoms. The fourth-order valence-electron chi connectivity index (χ4n) is 2.87. The van der Waals surface area contributed by atoms with Crippen LogP contribution in [0.1, 0.15) is 64.7 Å². The van der Waals surface area contributed by atoms with E-state index in [2.05, 4.69) is 18.8 Å². The number of carbonyl (C=O) groups is 2. The minimum atomic E-state index is -0.795. The van der Waals surface area contributed by atoms with Crippen LogP contribution in [0.25, 0.3) is 0 Å². The number of unbranched alkanes of at least 4 members (excludes halogenated alkanes) is 2. The highest BCUT2D eigenvalue weighted by molar-refractivity contribution is 5.89. The molecule has 3 atom stereocenters. The number of rotatable bonds is 9. The van der Waals surface area contributed by atoms with Crippen LogP contribution in [0.3, 0.4) is 0 Å².